The van der Waals surface area contributed by atoms with Gasteiger partial charge in [-0.1, -0.05) is 96.5 Å². The zero-order chi connectivity index (χ0) is 81.9. The number of ketones is 2. The van der Waals surface area contributed by atoms with Crippen LogP contribution in [0.5, 0.6) is 0 Å². The molecule has 2 fully saturated rings. The van der Waals surface area contributed by atoms with Gasteiger partial charge in [-0.2, -0.15) is 43.3 Å². The Kier molecular flexibility index (Phi) is 34.9. The predicted molar refractivity (Wildman–Crippen MR) is 417 cm³/mol. The van der Waals surface area contributed by atoms with Crippen molar-refractivity contribution >= 4 is 112 Å². The first-order valence-electron chi connectivity index (χ1n) is 33.2. The lowest BCUT2D eigenvalue weighted by molar-refractivity contribution is -0.145. The van der Waals surface area contributed by atoms with Crippen molar-refractivity contribution in [2.45, 2.75) is 142 Å². The van der Waals surface area contributed by atoms with Gasteiger partial charge in [-0.3, -0.25) is 39.5 Å². The minimum absolute atomic E-state index is 0. The quantitative estimate of drug-likeness (QED) is 0.0214. The molecule has 0 bridgehead atoms. The van der Waals surface area contributed by atoms with E-state index in [2.05, 4.69) is 111 Å². The Hall–Kier alpha value is -10.4. The molecule has 588 valence electrons. The minimum Gasteiger partial charge on any atom is -0.302 e. The lowest BCUT2D eigenvalue weighted by Gasteiger charge is -2.26. The molecule has 0 radical (unpaired) electrons. The summed E-state index contributed by atoms with van der Waals surface area (Å²) in [4.78, 5) is 75.2. The number of hydrogen-bond donors (Lipinski definition) is 2. The molecule has 0 aliphatic carbocycles. The van der Waals surface area contributed by atoms with Gasteiger partial charge in [-0.15, -0.1) is 24.2 Å². The molecule has 10 aromatic rings. The highest BCUT2D eigenvalue weighted by Gasteiger charge is 2.49. The van der Waals surface area contributed by atoms with E-state index in [9.17, 15) is 61.5 Å². The number of carbonyl (C=O) groups excluding carboxylic acids is 2. The Morgan fingerprint density at radius 1 is 0.558 bits per heavy atom. The molecule has 2 aliphatic heterocycles. The van der Waals surface area contributed by atoms with Gasteiger partial charge in [0.15, 0.2) is 15.8 Å². The minimum atomic E-state index is -4.68. The van der Waals surface area contributed by atoms with Crippen molar-refractivity contribution in [1.82, 2.24) is 59.5 Å². The number of hydrogen-bond acceptors (Lipinski definition) is 19. The molecule has 2 aromatic carbocycles. The summed E-state index contributed by atoms with van der Waals surface area (Å²) in [5.74, 6) is -1.29. The van der Waals surface area contributed by atoms with Gasteiger partial charge in [-0.25, -0.2) is 64.9 Å². The summed E-state index contributed by atoms with van der Waals surface area (Å²) in [6.45, 7) is 33.6. The van der Waals surface area contributed by atoms with Crippen molar-refractivity contribution in [3.05, 3.63) is 279 Å². The maximum atomic E-state index is 14.7. The molecule has 0 saturated carbocycles. The normalized spacial score (nSPS) is 16.3. The number of alkyl halides is 8. The molecule has 12 rings (SSSR count). The van der Waals surface area contributed by atoms with Crippen LogP contribution in [0.25, 0.3) is 41.9 Å². The number of aryl methyl sites for hydroxylation is 4. The smallest absolute Gasteiger partial charge is 0.302 e. The van der Waals surface area contributed by atoms with Crippen molar-refractivity contribution in [2.75, 3.05) is 0 Å². The van der Waals surface area contributed by atoms with Crippen LogP contribution in [0.2, 0.25) is 5.15 Å². The van der Waals surface area contributed by atoms with Crippen molar-refractivity contribution in [2.24, 2.45) is 0 Å². The van der Waals surface area contributed by atoms with E-state index in [0.717, 1.165) is 75.2 Å². The predicted octanol–water partition coefficient (Wildman–Crippen LogP) is 18.3. The third kappa shape index (κ3) is 27.8. The molecule has 37 heteroatoms. The molecule has 2 aliphatic rings. The number of sulfonamides is 1. The molecule has 2 saturated heterocycles. The van der Waals surface area contributed by atoms with Crippen LogP contribution in [0, 0.1) is 40.1 Å². The fourth-order valence-corrected chi connectivity index (χ4v) is 13.9. The first-order chi connectivity index (χ1) is 53.1. The molecule has 22 nitrogen and oxygen atoms in total. The fourth-order valence-electron chi connectivity index (χ4n) is 10.4. The van der Waals surface area contributed by atoms with Crippen molar-refractivity contribution in [1.29, 1.82) is 0 Å². The average Bonchev–Trinajstić information content (AvgIpc) is 1.63. The number of rotatable bonds is 17. The van der Waals surface area contributed by atoms with Crippen molar-refractivity contribution < 1.29 is 61.5 Å². The summed E-state index contributed by atoms with van der Waals surface area (Å²) >= 11 is 11.2. The van der Waals surface area contributed by atoms with Crippen LogP contribution < -0.4 is 5.32 Å². The van der Waals surface area contributed by atoms with Crippen molar-refractivity contribution in [3.63, 3.8) is 0 Å². The maximum absolute atomic E-state index is 14.7. The van der Waals surface area contributed by atoms with Gasteiger partial charge in [0.05, 0.1) is 60.8 Å². The number of thioether (sulfide) groups is 1. The Balaban J connectivity index is 0.000000232. The Bertz CT molecular complexity index is 5210. The highest BCUT2D eigenvalue weighted by molar-refractivity contribution is 8.13. The second-order valence-corrected chi connectivity index (χ2v) is 30.3. The number of Topliss-reactive ketones (excluding diaryl/α,β-unsaturated/α-hetero) is 2. The largest absolute Gasteiger partial charge is 0.451 e. The average molecular weight is 1690 g/mol. The van der Waals surface area contributed by atoms with Crippen LogP contribution in [0.4, 0.5) is 57.9 Å². The maximum Gasteiger partial charge on any atom is 0.451 e. The zero-order valence-electron chi connectivity index (χ0n) is 60.0. The molecule has 0 spiro atoms. The monoisotopic (exact) mass is 1680 g/mol. The number of nitrogens with one attached hydrogen (secondary N) is 1. The van der Waals surface area contributed by atoms with E-state index in [1.54, 1.807) is 68.3 Å². The summed E-state index contributed by atoms with van der Waals surface area (Å²) in [6, 6.07) is 32.5. The third-order valence-corrected chi connectivity index (χ3v) is 21.2. The highest BCUT2D eigenvalue weighted by atomic mass is 35.7. The molecule has 6 atom stereocenters. The van der Waals surface area contributed by atoms with Crippen molar-refractivity contribution in [3.8, 4) is 22.5 Å². The number of pyridine rings is 6. The molecule has 0 amide bonds. The topological polar surface area (TPSA) is 264 Å². The van der Waals surface area contributed by atoms with E-state index in [0.29, 0.717) is 51.0 Å². The standard InChI is InChI=1S/C25H22F4N6O3S.C19H20F4N4O.C13H10N2S.C7H8S.C6H3ClN2O2S.C6H3ClN2.ClH/c1-14-10-31-20(17-11-33-24(34-12-17)25(27,28)29)8-16(14)4-6-22(36)21-9-19(26)15(2)35(21)39(37,38)23-7-5-18(30-3)13-32-23;1-10-7-24-15(13-8-25-18(26-9-13)19(21,22)23)5-12(10)3-4-17(28)16-6-14(20)11(2)27-16;1-14-12-7-8-13(15-9-12)16-10-11-5-3-2-4-6-11;8-6-7-4-2-1-3-5-7;1-8-5-2-3-6(9-4-5)12(7,10)11;1-8-5-2-3-6(7)9-4-5;/h5,7-8,10-13,15,19,21H,4,6,9H2,1-2H3;5,7-9,11,14,16,27H,3-4,6H2,1-2H3;2-9H,10H2;1-5,8H,6H2;2-4H;2-4H;1H/t15-,19+,21-;11-,14+,16-;;;;;/m00...../s1. The summed E-state index contributed by atoms with van der Waals surface area (Å²) in [6.07, 6.45) is 1.29. The summed E-state index contributed by atoms with van der Waals surface area (Å²) in [5, 5.41) is 3.71. The van der Waals surface area contributed by atoms with Crippen LogP contribution in [-0.4, -0.2) is 119 Å². The van der Waals surface area contributed by atoms with Gasteiger partial charge < -0.3 is 5.32 Å². The molecule has 1 N–H and O–H groups in total. The zero-order valence-corrected chi connectivity index (χ0v) is 65.6. The molecule has 0 unspecified atom stereocenters. The fraction of sp³-hybridized carbons (Fsp3) is 0.263. The number of aromatic nitrogens is 10. The number of nitrogens with zero attached hydrogens (tertiary/aromatic N) is 15. The second-order valence-electron chi connectivity index (χ2n) is 24.3. The first kappa shape index (κ1) is 91.5. The van der Waals surface area contributed by atoms with Gasteiger partial charge >= 0.3 is 12.4 Å². The Morgan fingerprint density at radius 3 is 1.37 bits per heavy atom. The second kappa shape index (κ2) is 43.0. The van der Waals surface area contributed by atoms with Crippen LogP contribution in [0.15, 0.2) is 198 Å². The van der Waals surface area contributed by atoms with Crippen LogP contribution in [0.1, 0.15) is 84.6 Å². The van der Waals surface area contributed by atoms with Gasteiger partial charge in [0, 0.05) is 127 Å². The Morgan fingerprint density at radius 2 is 0.991 bits per heavy atom. The number of halogens is 11. The number of thiol groups is 1. The summed E-state index contributed by atoms with van der Waals surface area (Å²) in [5.41, 5.74) is 8.46. The van der Waals surface area contributed by atoms with E-state index in [1.807, 2.05) is 49.4 Å². The summed E-state index contributed by atoms with van der Waals surface area (Å²) in [7, 11) is -3.12. The molecule has 10 heterocycles. The third-order valence-electron chi connectivity index (χ3n) is 16.5. The van der Waals surface area contributed by atoms with E-state index in [-0.39, 0.29) is 83.3 Å². The molecular weight excluding hydrogens is 1620 g/mol. The van der Waals surface area contributed by atoms with E-state index < -0.39 is 79.3 Å². The summed E-state index contributed by atoms with van der Waals surface area (Å²) < 4.78 is 153. The number of benzene rings is 2. The van der Waals surface area contributed by atoms with Crippen LogP contribution >= 0.6 is 59.1 Å². The van der Waals surface area contributed by atoms with Gasteiger partial charge in [0.1, 0.15) is 23.3 Å². The highest BCUT2D eigenvalue weighted by Crippen LogP contribution is 2.36. The molecule has 113 heavy (non-hydrogen) atoms. The van der Waals surface area contributed by atoms with Crippen LogP contribution in [-0.2, 0) is 65.4 Å². The first-order valence-corrected chi connectivity index (χ1v) is 39.0. The molecule has 8 aromatic heterocycles. The SMILES string of the molecule is Cc1cnc(-c2cnc(C(F)(F)F)nc2)cc1CCC(=O)[C@@H]1C[C@@H](F)[C@H](C)N1.Cl.SCc1ccccc1.[C-]#[N+]c1ccc(Cl)nc1.[C-]#[N+]c1ccc(S(=O)(=O)Cl)nc1.[C-]#[N+]c1ccc(S(=O)(=O)N2[C@H](C(=O)CCc3cc(-c4cnc(C(F)(F)F)nc4)ncc3C)C[C@@H](F)[C@@H]2C)nc1.[C-]#[N+]c1ccc(SCc2ccccc2)nc1. The Labute approximate surface area is 672 Å². The van der Waals surface area contributed by atoms with E-state index in [1.165, 1.54) is 48.6 Å². The van der Waals surface area contributed by atoms with Gasteiger partial charge in [0.2, 0.25) is 34.4 Å². The lowest BCUT2D eigenvalue weighted by atomic mass is 9.99. The van der Waals surface area contributed by atoms with E-state index in [4.69, 9.17) is 48.6 Å². The number of carbonyl (C=O) groups is 2. The van der Waals surface area contributed by atoms with Gasteiger partial charge in [0.25, 0.3) is 19.1 Å². The molecular formula is C76H67Cl3F8N16O6S4. The lowest BCUT2D eigenvalue weighted by Crippen LogP contribution is -2.44. The van der Waals surface area contributed by atoms with Crippen LogP contribution in [0.3, 0.4) is 0 Å². The van der Waals surface area contributed by atoms with E-state index >= 15 is 0 Å². The van der Waals surface area contributed by atoms with Gasteiger partial charge in [-0.05, 0) is 110 Å².